The fraction of sp³-hybridized carbons (Fsp3) is 0.318. The van der Waals surface area contributed by atoms with Gasteiger partial charge in [0.05, 0.1) is 20.8 Å². The largest absolute Gasteiger partial charge is 0.496 e. The molecule has 9 nitrogen and oxygen atoms in total. The van der Waals surface area contributed by atoms with Crippen LogP contribution >= 0.6 is 0 Å². The SMILES string of the molecule is COC(=O)[C@@H](Cc1ccccc1OC)NC(=O)[C@H](CO)NC(=O)OCc1ccccc1. The van der Waals surface area contributed by atoms with Gasteiger partial charge in [-0.15, -0.1) is 0 Å². The van der Waals surface area contributed by atoms with Gasteiger partial charge in [0.25, 0.3) is 0 Å². The van der Waals surface area contributed by atoms with Crippen molar-refractivity contribution in [3.05, 3.63) is 65.7 Å². The molecule has 2 amide bonds. The maximum absolute atomic E-state index is 12.6. The van der Waals surface area contributed by atoms with Gasteiger partial charge in [0.1, 0.15) is 24.4 Å². The van der Waals surface area contributed by atoms with E-state index in [1.54, 1.807) is 48.5 Å². The van der Waals surface area contributed by atoms with E-state index in [4.69, 9.17) is 14.2 Å². The van der Waals surface area contributed by atoms with Crippen molar-refractivity contribution < 1.29 is 33.7 Å². The zero-order chi connectivity index (χ0) is 22.6. The number of aliphatic hydroxyl groups excluding tert-OH is 1. The first-order valence-corrected chi connectivity index (χ1v) is 9.56. The summed E-state index contributed by atoms with van der Waals surface area (Å²) >= 11 is 0. The number of amides is 2. The molecule has 2 atom stereocenters. The summed E-state index contributed by atoms with van der Waals surface area (Å²) in [7, 11) is 2.70. The minimum atomic E-state index is -1.31. The van der Waals surface area contributed by atoms with E-state index >= 15 is 0 Å². The second-order valence-corrected chi connectivity index (χ2v) is 6.54. The molecular formula is C22H26N2O7. The number of esters is 1. The summed E-state index contributed by atoms with van der Waals surface area (Å²) in [6.45, 7) is -0.681. The Balaban J connectivity index is 1.99. The van der Waals surface area contributed by atoms with Crippen LogP contribution in [0.3, 0.4) is 0 Å². The molecular weight excluding hydrogens is 404 g/mol. The molecule has 166 valence electrons. The van der Waals surface area contributed by atoms with Gasteiger partial charge >= 0.3 is 12.1 Å². The lowest BCUT2D eigenvalue weighted by Gasteiger charge is -2.21. The number of methoxy groups -OCH3 is 2. The average molecular weight is 430 g/mol. The number of hydrogen-bond donors (Lipinski definition) is 3. The molecule has 0 fully saturated rings. The van der Waals surface area contributed by atoms with E-state index < -0.39 is 36.7 Å². The minimum Gasteiger partial charge on any atom is -0.496 e. The summed E-state index contributed by atoms with van der Waals surface area (Å²) in [5.74, 6) is -0.890. The van der Waals surface area contributed by atoms with Gasteiger partial charge in [-0.3, -0.25) is 4.79 Å². The van der Waals surface area contributed by atoms with Crippen LogP contribution in [-0.2, 0) is 32.1 Å². The zero-order valence-corrected chi connectivity index (χ0v) is 17.4. The van der Waals surface area contributed by atoms with Gasteiger partial charge in [0.15, 0.2) is 0 Å². The Hall–Kier alpha value is -3.59. The van der Waals surface area contributed by atoms with Crippen LogP contribution in [0.25, 0.3) is 0 Å². The van der Waals surface area contributed by atoms with Gasteiger partial charge in [-0.25, -0.2) is 9.59 Å². The molecule has 0 saturated carbocycles. The first-order valence-electron chi connectivity index (χ1n) is 9.56. The highest BCUT2D eigenvalue weighted by Gasteiger charge is 2.28. The predicted molar refractivity (Wildman–Crippen MR) is 111 cm³/mol. The van der Waals surface area contributed by atoms with Gasteiger partial charge in [0, 0.05) is 6.42 Å². The lowest BCUT2D eigenvalue weighted by atomic mass is 10.0. The van der Waals surface area contributed by atoms with Crippen LogP contribution in [-0.4, -0.2) is 56.0 Å². The van der Waals surface area contributed by atoms with Gasteiger partial charge in [-0.05, 0) is 17.2 Å². The Labute approximate surface area is 180 Å². The first-order chi connectivity index (χ1) is 15.0. The topological polar surface area (TPSA) is 123 Å². The number of nitrogens with one attached hydrogen (secondary N) is 2. The monoisotopic (exact) mass is 430 g/mol. The summed E-state index contributed by atoms with van der Waals surface area (Å²) in [5, 5.41) is 14.3. The van der Waals surface area contributed by atoms with E-state index in [0.29, 0.717) is 11.3 Å². The van der Waals surface area contributed by atoms with E-state index in [1.165, 1.54) is 14.2 Å². The van der Waals surface area contributed by atoms with E-state index in [-0.39, 0.29) is 13.0 Å². The molecule has 31 heavy (non-hydrogen) atoms. The summed E-state index contributed by atoms with van der Waals surface area (Å²) in [6, 6.07) is 13.7. The second kappa shape index (κ2) is 12.2. The summed E-state index contributed by atoms with van der Waals surface area (Å²) in [4.78, 5) is 36.8. The molecule has 0 unspecified atom stereocenters. The number of carbonyl (C=O) groups excluding carboxylic acids is 3. The lowest BCUT2D eigenvalue weighted by Crippen LogP contribution is -2.54. The number of ether oxygens (including phenoxy) is 3. The molecule has 9 heteroatoms. The molecule has 0 spiro atoms. The summed E-state index contributed by atoms with van der Waals surface area (Å²) in [6.07, 6.45) is -0.781. The van der Waals surface area contributed by atoms with Crippen LogP contribution in [0.15, 0.2) is 54.6 Å². The van der Waals surface area contributed by atoms with E-state index in [1.807, 2.05) is 6.07 Å². The van der Waals surface area contributed by atoms with Crippen molar-refractivity contribution in [1.82, 2.24) is 10.6 Å². The second-order valence-electron chi connectivity index (χ2n) is 6.54. The van der Waals surface area contributed by atoms with E-state index in [9.17, 15) is 19.5 Å². The van der Waals surface area contributed by atoms with Crippen LogP contribution in [0.2, 0.25) is 0 Å². The van der Waals surface area contributed by atoms with Crippen molar-refractivity contribution in [3.8, 4) is 5.75 Å². The van der Waals surface area contributed by atoms with Crippen molar-refractivity contribution in [1.29, 1.82) is 0 Å². The molecule has 2 aromatic rings. The zero-order valence-electron chi connectivity index (χ0n) is 17.4. The van der Waals surface area contributed by atoms with Gasteiger partial charge in [-0.2, -0.15) is 0 Å². The fourth-order valence-corrected chi connectivity index (χ4v) is 2.80. The molecule has 0 aliphatic heterocycles. The van der Waals surface area contributed by atoms with Crippen LogP contribution < -0.4 is 15.4 Å². The van der Waals surface area contributed by atoms with Crippen molar-refractivity contribution >= 4 is 18.0 Å². The standard InChI is InChI=1S/C22H26N2O7/c1-29-19-11-7-6-10-16(19)12-17(21(27)30-2)23-20(26)18(13-25)24-22(28)31-14-15-8-4-3-5-9-15/h3-11,17-18,25H,12-14H2,1-2H3,(H,23,26)(H,24,28)/t17-,18+/m1/s1. The molecule has 2 rings (SSSR count). The Morgan fingerprint density at radius 2 is 1.61 bits per heavy atom. The third-order valence-electron chi connectivity index (χ3n) is 4.42. The number of alkyl carbamates (subject to hydrolysis) is 1. The lowest BCUT2D eigenvalue weighted by molar-refractivity contribution is -0.145. The Morgan fingerprint density at radius 1 is 0.935 bits per heavy atom. The van der Waals surface area contributed by atoms with Gasteiger partial charge in [-0.1, -0.05) is 48.5 Å². The Bertz CT molecular complexity index is 873. The maximum atomic E-state index is 12.6. The normalized spacial score (nSPS) is 12.2. The molecule has 2 aromatic carbocycles. The number of benzene rings is 2. The van der Waals surface area contributed by atoms with Crippen LogP contribution in [0.1, 0.15) is 11.1 Å². The highest BCUT2D eigenvalue weighted by Crippen LogP contribution is 2.19. The molecule has 0 bridgehead atoms. The van der Waals surface area contributed by atoms with E-state index in [2.05, 4.69) is 10.6 Å². The van der Waals surface area contributed by atoms with E-state index in [0.717, 1.165) is 5.56 Å². The molecule has 0 saturated heterocycles. The molecule has 0 radical (unpaired) electrons. The van der Waals surface area contributed by atoms with Gasteiger partial charge in [0.2, 0.25) is 5.91 Å². The number of aliphatic hydroxyl groups is 1. The smallest absolute Gasteiger partial charge is 0.408 e. The fourth-order valence-electron chi connectivity index (χ4n) is 2.80. The highest BCUT2D eigenvalue weighted by atomic mass is 16.5. The predicted octanol–water partition coefficient (Wildman–Crippen LogP) is 1.18. The Kier molecular flexibility index (Phi) is 9.31. The van der Waals surface area contributed by atoms with Crippen molar-refractivity contribution in [2.75, 3.05) is 20.8 Å². The molecule has 0 heterocycles. The number of rotatable bonds is 10. The van der Waals surface area contributed by atoms with Crippen molar-refractivity contribution in [3.63, 3.8) is 0 Å². The molecule has 0 aliphatic rings. The van der Waals surface area contributed by atoms with Crippen LogP contribution in [0.4, 0.5) is 4.79 Å². The van der Waals surface area contributed by atoms with Crippen LogP contribution in [0.5, 0.6) is 5.75 Å². The van der Waals surface area contributed by atoms with Crippen molar-refractivity contribution in [2.45, 2.75) is 25.1 Å². The van der Waals surface area contributed by atoms with Gasteiger partial charge < -0.3 is 30.0 Å². The minimum absolute atomic E-state index is 0.00499. The molecule has 0 aromatic heterocycles. The molecule has 0 aliphatic carbocycles. The Morgan fingerprint density at radius 3 is 2.26 bits per heavy atom. The number of para-hydroxylation sites is 1. The maximum Gasteiger partial charge on any atom is 0.408 e. The average Bonchev–Trinajstić information content (AvgIpc) is 2.81. The highest BCUT2D eigenvalue weighted by molar-refractivity contribution is 5.89. The van der Waals surface area contributed by atoms with Crippen molar-refractivity contribution in [2.24, 2.45) is 0 Å². The third-order valence-corrected chi connectivity index (χ3v) is 4.42. The number of carbonyl (C=O) groups is 3. The summed E-state index contributed by atoms with van der Waals surface area (Å²) < 4.78 is 15.1. The summed E-state index contributed by atoms with van der Waals surface area (Å²) in [5.41, 5.74) is 1.45. The molecule has 3 N–H and O–H groups in total. The first kappa shape index (κ1) is 23.7. The van der Waals surface area contributed by atoms with Crippen LogP contribution in [0, 0.1) is 0 Å². The quantitative estimate of drug-likeness (QED) is 0.484. The number of hydrogen-bond acceptors (Lipinski definition) is 7. The third kappa shape index (κ3) is 7.31.